The van der Waals surface area contributed by atoms with E-state index in [2.05, 4.69) is 29.8 Å². The largest absolute Gasteiger partial charge is 0.327 e. The van der Waals surface area contributed by atoms with Gasteiger partial charge in [0.15, 0.2) is 0 Å². The lowest BCUT2D eigenvalue weighted by Crippen LogP contribution is -2.21. The lowest BCUT2D eigenvalue weighted by molar-refractivity contribution is 0.520. The number of hydrogen-bond donors (Lipinski definition) is 1. The van der Waals surface area contributed by atoms with Gasteiger partial charge in [0.25, 0.3) is 0 Å². The molecule has 1 aromatic heterocycles. The number of nitrogens with zero attached hydrogens (tertiary/aromatic N) is 2. The van der Waals surface area contributed by atoms with Crippen LogP contribution in [0.3, 0.4) is 0 Å². The second-order valence-electron chi connectivity index (χ2n) is 5.44. The molecular weight excluding hydrogens is 277 g/mol. The highest BCUT2D eigenvalue weighted by molar-refractivity contribution is 5.76. The van der Waals surface area contributed by atoms with Gasteiger partial charge in [0.1, 0.15) is 11.6 Å². The molecule has 0 aliphatic carbocycles. The third-order valence-corrected chi connectivity index (χ3v) is 3.89. The quantitative estimate of drug-likeness (QED) is 0.770. The molecule has 22 heavy (non-hydrogen) atoms. The molecule has 0 fully saturated rings. The van der Waals surface area contributed by atoms with E-state index in [0.717, 1.165) is 29.0 Å². The van der Waals surface area contributed by atoms with Crippen molar-refractivity contribution in [2.45, 2.75) is 33.0 Å². The highest BCUT2D eigenvalue weighted by Crippen LogP contribution is 2.21. The molecule has 114 valence electrons. The number of hydrogen-bond acceptors (Lipinski definition) is 2. The van der Waals surface area contributed by atoms with E-state index in [-0.39, 0.29) is 11.9 Å². The minimum atomic E-state index is -0.201. The summed E-state index contributed by atoms with van der Waals surface area (Å²) < 4.78 is 15.4. The van der Waals surface area contributed by atoms with E-state index in [1.165, 1.54) is 6.07 Å². The van der Waals surface area contributed by atoms with E-state index in [1.54, 1.807) is 12.1 Å². The first-order valence-corrected chi connectivity index (χ1v) is 7.62. The first-order valence-electron chi connectivity index (χ1n) is 7.62. The fourth-order valence-corrected chi connectivity index (χ4v) is 2.77. The van der Waals surface area contributed by atoms with Crippen LogP contribution in [-0.2, 0) is 13.1 Å². The maximum absolute atomic E-state index is 13.2. The number of fused-ring (bicyclic) bond motifs is 1. The molecular formula is C18H20FN3. The Morgan fingerprint density at radius 3 is 2.77 bits per heavy atom. The van der Waals surface area contributed by atoms with Gasteiger partial charge in [0.05, 0.1) is 17.1 Å². The van der Waals surface area contributed by atoms with Gasteiger partial charge >= 0.3 is 0 Å². The molecule has 4 heteroatoms. The number of nitrogens with one attached hydrogen (secondary N) is 1. The Morgan fingerprint density at radius 2 is 2.00 bits per heavy atom. The number of para-hydroxylation sites is 2. The Labute approximate surface area is 129 Å². The highest BCUT2D eigenvalue weighted by atomic mass is 19.1. The molecule has 0 aliphatic heterocycles. The van der Waals surface area contributed by atoms with Crippen LogP contribution in [0.5, 0.6) is 0 Å². The summed E-state index contributed by atoms with van der Waals surface area (Å²) in [4.78, 5) is 4.74. The van der Waals surface area contributed by atoms with Gasteiger partial charge in [-0.2, -0.15) is 0 Å². The molecule has 0 radical (unpaired) electrons. The standard InChI is InChI=1S/C18H20FN3/c1-3-22-17-10-5-4-9-16(17)21-18(22)13(2)20-12-14-7-6-8-15(19)11-14/h4-11,13,20H,3,12H2,1-2H3. The molecule has 1 unspecified atom stereocenters. The van der Waals surface area contributed by atoms with Crippen LogP contribution in [0.2, 0.25) is 0 Å². The Morgan fingerprint density at radius 1 is 1.18 bits per heavy atom. The average Bonchev–Trinajstić information content (AvgIpc) is 2.91. The third-order valence-electron chi connectivity index (χ3n) is 3.89. The third kappa shape index (κ3) is 2.88. The molecule has 2 aromatic carbocycles. The van der Waals surface area contributed by atoms with Gasteiger partial charge in [-0.15, -0.1) is 0 Å². The van der Waals surface area contributed by atoms with E-state index in [9.17, 15) is 4.39 Å². The number of halogens is 1. The van der Waals surface area contributed by atoms with Crippen LogP contribution in [0, 0.1) is 5.82 Å². The van der Waals surface area contributed by atoms with Crippen LogP contribution >= 0.6 is 0 Å². The van der Waals surface area contributed by atoms with Crippen LogP contribution in [0.15, 0.2) is 48.5 Å². The Kier molecular flexibility index (Phi) is 4.20. The van der Waals surface area contributed by atoms with Crippen LogP contribution in [-0.4, -0.2) is 9.55 Å². The summed E-state index contributed by atoms with van der Waals surface area (Å²) in [6.45, 7) is 5.71. The molecule has 1 N–H and O–H groups in total. The number of aromatic nitrogens is 2. The number of imidazole rings is 1. The Bertz CT molecular complexity index is 779. The Hall–Kier alpha value is -2.20. The zero-order valence-electron chi connectivity index (χ0n) is 12.9. The van der Waals surface area contributed by atoms with Crippen LogP contribution in [0.4, 0.5) is 4.39 Å². The summed E-state index contributed by atoms with van der Waals surface area (Å²) in [5, 5.41) is 3.43. The predicted octanol–water partition coefficient (Wildman–Crippen LogP) is 4.05. The zero-order valence-corrected chi connectivity index (χ0v) is 12.9. The second kappa shape index (κ2) is 6.28. The van der Waals surface area contributed by atoms with Gasteiger partial charge in [0, 0.05) is 13.1 Å². The summed E-state index contributed by atoms with van der Waals surface area (Å²) in [5.74, 6) is 0.813. The van der Waals surface area contributed by atoms with Crippen molar-refractivity contribution in [3.05, 3.63) is 65.7 Å². The average molecular weight is 297 g/mol. The van der Waals surface area contributed by atoms with E-state index in [0.29, 0.717) is 6.54 Å². The molecule has 3 rings (SSSR count). The fourth-order valence-electron chi connectivity index (χ4n) is 2.77. The monoisotopic (exact) mass is 297 g/mol. The van der Waals surface area contributed by atoms with Crippen molar-refractivity contribution >= 4 is 11.0 Å². The van der Waals surface area contributed by atoms with Gasteiger partial charge in [-0.1, -0.05) is 24.3 Å². The van der Waals surface area contributed by atoms with Gasteiger partial charge in [0.2, 0.25) is 0 Å². The molecule has 1 atom stereocenters. The SMILES string of the molecule is CCn1c(C(C)NCc2cccc(F)c2)nc2ccccc21. The number of aryl methyl sites for hydroxylation is 1. The van der Waals surface area contributed by atoms with Gasteiger partial charge in [-0.25, -0.2) is 9.37 Å². The molecule has 0 saturated carbocycles. The van der Waals surface area contributed by atoms with Gasteiger partial charge < -0.3 is 9.88 Å². The normalized spacial score (nSPS) is 12.7. The molecule has 0 spiro atoms. The van der Waals surface area contributed by atoms with Crippen molar-refractivity contribution in [1.82, 2.24) is 14.9 Å². The molecule has 1 heterocycles. The first kappa shape index (κ1) is 14.7. The maximum Gasteiger partial charge on any atom is 0.126 e. The van der Waals surface area contributed by atoms with E-state index >= 15 is 0 Å². The minimum Gasteiger partial charge on any atom is -0.327 e. The first-order chi connectivity index (χ1) is 10.7. The molecule has 3 aromatic rings. The molecule has 3 nitrogen and oxygen atoms in total. The number of benzene rings is 2. The summed E-state index contributed by atoms with van der Waals surface area (Å²) in [7, 11) is 0. The molecule has 0 bridgehead atoms. The van der Waals surface area contributed by atoms with Crippen LogP contribution in [0.25, 0.3) is 11.0 Å². The van der Waals surface area contributed by atoms with Crippen molar-refractivity contribution in [3.8, 4) is 0 Å². The van der Waals surface area contributed by atoms with Gasteiger partial charge in [-0.05, 0) is 43.7 Å². The van der Waals surface area contributed by atoms with Gasteiger partial charge in [-0.3, -0.25) is 0 Å². The lowest BCUT2D eigenvalue weighted by atomic mass is 10.2. The number of rotatable bonds is 5. The summed E-state index contributed by atoms with van der Waals surface area (Å²) in [6, 6.07) is 14.9. The Balaban J connectivity index is 1.81. The zero-order chi connectivity index (χ0) is 15.5. The lowest BCUT2D eigenvalue weighted by Gasteiger charge is -2.15. The second-order valence-corrected chi connectivity index (χ2v) is 5.44. The summed E-state index contributed by atoms with van der Waals surface area (Å²) in [6.07, 6.45) is 0. The topological polar surface area (TPSA) is 29.9 Å². The van der Waals surface area contributed by atoms with Crippen molar-refractivity contribution in [1.29, 1.82) is 0 Å². The van der Waals surface area contributed by atoms with Crippen molar-refractivity contribution in [3.63, 3.8) is 0 Å². The van der Waals surface area contributed by atoms with Crippen molar-refractivity contribution in [2.75, 3.05) is 0 Å². The van der Waals surface area contributed by atoms with E-state index in [1.807, 2.05) is 24.3 Å². The van der Waals surface area contributed by atoms with E-state index < -0.39 is 0 Å². The molecule has 0 aliphatic rings. The van der Waals surface area contributed by atoms with E-state index in [4.69, 9.17) is 4.98 Å². The summed E-state index contributed by atoms with van der Waals surface area (Å²) in [5.41, 5.74) is 3.10. The minimum absolute atomic E-state index is 0.0932. The predicted molar refractivity (Wildman–Crippen MR) is 87.1 cm³/mol. The maximum atomic E-state index is 13.2. The summed E-state index contributed by atoms with van der Waals surface area (Å²) >= 11 is 0. The van der Waals surface area contributed by atoms with Crippen molar-refractivity contribution < 1.29 is 4.39 Å². The van der Waals surface area contributed by atoms with Crippen molar-refractivity contribution in [2.24, 2.45) is 0 Å². The molecule has 0 amide bonds. The fraction of sp³-hybridized carbons (Fsp3) is 0.278. The van der Waals surface area contributed by atoms with Crippen LogP contribution in [0.1, 0.15) is 31.3 Å². The smallest absolute Gasteiger partial charge is 0.126 e. The highest BCUT2D eigenvalue weighted by Gasteiger charge is 2.15. The molecule has 0 saturated heterocycles. The van der Waals surface area contributed by atoms with Crippen LogP contribution < -0.4 is 5.32 Å².